The topological polar surface area (TPSA) is 55.2 Å². The van der Waals surface area contributed by atoms with Gasteiger partial charge in [0.05, 0.1) is 4.92 Å². The maximum absolute atomic E-state index is 13.6. The van der Waals surface area contributed by atoms with Gasteiger partial charge in [0.2, 0.25) is 0 Å². The minimum absolute atomic E-state index is 0.0734. The van der Waals surface area contributed by atoms with E-state index in [1.165, 1.54) is 18.2 Å². The van der Waals surface area contributed by atoms with Crippen molar-refractivity contribution >= 4 is 11.4 Å². The molecule has 0 spiro atoms. The van der Waals surface area contributed by atoms with Crippen molar-refractivity contribution in [2.75, 3.05) is 5.32 Å². The highest BCUT2D eigenvalue weighted by Gasteiger charge is 2.17. The van der Waals surface area contributed by atoms with Crippen molar-refractivity contribution in [3.05, 3.63) is 69.5 Å². The van der Waals surface area contributed by atoms with Crippen LogP contribution in [0.4, 0.5) is 15.8 Å². The van der Waals surface area contributed by atoms with Crippen LogP contribution in [0.2, 0.25) is 0 Å². The molecule has 0 heterocycles. The predicted molar refractivity (Wildman–Crippen MR) is 71.6 cm³/mol. The standard InChI is InChI=1S/C14H13FN2O2/c1-10-5-2-3-6-11(10)9-16-14-12(15)7-4-8-13(14)17(18)19/h2-8,16H,9H2,1H3. The van der Waals surface area contributed by atoms with Crippen LogP contribution in [0, 0.1) is 22.9 Å². The van der Waals surface area contributed by atoms with E-state index in [1.807, 2.05) is 31.2 Å². The number of anilines is 1. The van der Waals surface area contributed by atoms with Gasteiger partial charge in [0.15, 0.2) is 5.82 Å². The molecule has 0 saturated heterocycles. The summed E-state index contributed by atoms with van der Waals surface area (Å²) in [5.41, 5.74) is 1.69. The normalized spacial score (nSPS) is 10.2. The zero-order valence-electron chi connectivity index (χ0n) is 10.4. The number of halogens is 1. The number of nitrogens with zero attached hydrogens (tertiary/aromatic N) is 1. The van der Waals surface area contributed by atoms with Crippen molar-refractivity contribution in [1.82, 2.24) is 0 Å². The molecule has 4 nitrogen and oxygen atoms in total. The minimum Gasteiger partial charge on any atom is -0.373 e. The van der Waals surface area contributed by atoms with Crippen molar-refractivity contribution in [2.24, 2.45) is 0 Å². The van der Waals surface area contributed by atoms with Crippen LogP contribution < -0.4 is 5.32 Å². The van der Waals surface area contributed by atoms with Crippen molar-refractivity contribution < 1.29 is 9.31 Å². The third-order valence-corrected chi connectivity index (χ3v) is 2.91. The Labute approximate surface area is 110 Å². The molecule has 0 saturated carbocycles. The Kier molecular flexibility index (Phi) is 3.75. The summed E-state index contributed by atoms with van der Waals surface area (Å²) < 4.78 is 13.6. The highest BCUT2D eigenvalue weighted by atomic mass is 19.1. The highest BCUT2D eigenvalue weighted by Crippen LogP contribution is 2.27. The van der Waals surface area contributed by atoms with Gasteiger partial charge in [0.1, 0.15) is 5.69 Å². The first-order valence-electron chi connectivity index (χ1n) is 5.81. The number of hydrogen-bond donors (Lipinski definition) is 1. The molecule has 0 bridgehead atoms. The van der Waals surface area contributed by atoms with E-state index in [2.05, 4.69) is 5.32 Å². The molecule has 0 fully saturated rings. The second-order valence-corrected chi connectivity index (χ2v) is 4.17. The van der Waals surface area contributed by atoms with Gasteiger partial charge in [-0.05, 0) is 24.1 Å². The van der Waals surface area contributed by atoms with Crippen LogP contribution in [0.25, 0.3) is 0 Å². The van der Waals surface area contributed by atoms with E-state index < -0.39 is 10.7 Å². The van der Waals surface area contributed by atoms with Crippen LogP contribution in [-0.4, -0.2) is 4.92 Å². The van der Waals surface area contributed by atoms with E-state index in [0.717, 1.165) is 11.1 Å². The van der Waals surface area contributed by atoms with E-state index in [9.17, 15) is 14.5 Å². The lowest BCUT2D eigenvalue weighted by Crippen LogP contribution is -2.05. The first-order valence-corrected chi connectivity index (χ1v) is 5.81. The van der Waals surface area contributed by atoms with Gasteiger partial charge in [0.25, 0.3) is 5.69 Å². The zero-order chi connectivity index (χ0) is 13.8. The Morgan fingerprint density at radius 2 is 1.95 bits per heavy atom. The first kappa shape index (κ1) is 13.0. The Morgan fingerprint density at radius 3 is 2.63 bits per heavy atom. The SMILES string of the molecule is Cc1ccccc1CNc1c(F)cccc1[N+](=O)[O-]. The smallest absolute Gasteiger partial charge is 0.295 e. The van der Waals surface area contributed by atoms with E-state index in [-0.39, 0.29) is 11.4 Å². The molecule has 98 valence electrons. The number of aryl methyl sites for hydroxylation is 1. The number of nitro benzene ring substituents is 1. The number of nitrogens with one attached hydrogen (secondary N) is 1. The van der Waals surface area contributed by atoms with Crippen LogP contribution in [0.15, 0.2) is 42.5 Å². The number of hydrogen-bond acceptors (Lipinski definition) is 3. The lowest BCUT2D eigenvalue weighted by atomic mass is 10.1. The molecule has 0 atom stereocenters. The quantitative estimate of drug-likeness (QED) is 0.674. The van der Waals surface area contributed by atoms with Gasteiger partial charge in [-0.15, -0.1) is 0 Å². The number of para-hydroxylation sites is 1. The van der Waals surface area contributed by atoms with Gasteiger partial charge in [-0.2, -0.15) is 0 Å². The molecule has 0 unspecified atom stereocenters. The van der Waals surface area contributed by atoms with Crippen LogP contribution >= 0.6 is 0 Å². The fourth-order valence-electron chi connectivity index (χ4n) is 1.83. The lowest BCUT2D eigenvalue weighted by Gasteiger charge is -2.10. The highest BCUT2D eigenvalue weighted by molar-refractivity contribution is 5.62. The van der Waals surface area contributed by atoms with Gasteiger partial charge in [-0.25, -0.2) is 4.39 Å². The third-order valence-electron chi connectivity index (χ3n) is 2.91. The second kappa shape index (κ2) is 5.48. The summed E-state index contributed by atoms with van der Waals surface area (Å²) in [4.78, 5) is 10.3. The number of rotatable bonds is 4. The summed E-state index contributed by atoms with van der Waals surface area (Å²) in [7, 11) is 0. The van der Waals surface area contributed by atoms with Crippen molar-refractivity contribution in [1.29, 1.82) is 0 Å². The summed E-state index contributed by atoms with van der Waals surface area (Å²) in [6.45, 7) is 2.28. The van der Waals surface area contributed by atoms with E-state index in [1.54, 1.807) is 0 Å². The third kappa shape index (κ3) is 2.88. The molecule has 0 aromatic heterocycles. The summed E-state index contributed by atoms with van der Waals surface area (Å²) in [5.74, 6) is -0.622. The Hall–Kier alpha value is -2.43. The summed E-state index contributed by atoms with van der Waals surface area (Å²) in [5, 5.41) is 13.7. The molecular formula is C14H13FN2O2. The van der Waals surface area contributed by atoms with Crippen LogP contribution in [0.5, 0.6) is 0 Å². The van der Waals surface area contributed by atoms with Gasteiger partial charge >= 0.3 is 0 Å². The van der Waals surface area contributed by atoms with Gasteiger partial charge in [-0.3, -0.25) is 10.1 Å². The Bertz CT molecular complexity index is 614. The van der Waals surface area contributed by atoms with Crippen molar-refractivity contribution in [3.63, 3.8) is 0 Å². The molecule has 2 rings (SSSR count). The monoisotopic (exact) mass is 260 g/mol. The summed E-state index contributed by atoms with van der Waals surface area (Å²) in [6.07, 6.45) is 0. The average Bonchev–Trinajstić information content (AvgIpc) is 2.38. The second-order valence-electron chi connectivity index (χ2n) is 4.17. The first-order chi connectivity index (χ1) is 9.09. The van der Waals surface area contributed by atoms with Gasteiger partial charge in [-0.1, -0.05) is 30.3 Å². The molecule has 2 aromatic rings. The summed E-state index contributed by atoms with van der Waals surface area (Å²) in [6, 6.07) is 11.4. The fraction of sp³-hybridized carbons (Fsp3) is 0.143. The Balaban J connectivity index is 2.25. The molecule has 0 aliphatic carbocycles. The van der Waals surface area contributed by atoms with E-state index >= 15 is 0 Å². The maximum Gasteiger partial charge on any atom is 0.295 e. The molecule has 1 N–H and O–H groups in total. The van der Waals surface area contributed by atoms with Crippen molar-refractivity contribution in [2.45, 2.75) is 13.5 Å². The zero-order valence-corrected chi connectivity index (χ0v) is 10.4. The Morgan fingerprint density at radius 1 is 1.21 bits per heavy atom. The van der Waals surface area contributed by atoms with Crippen molar-refractivity contribution in [3.8, 4) is 0 Å². The molecule has 5 heteroatoms. The molecule has 0 aliphatic rings. The van der Waals surface area contributed by atoms with Crippen LogP contribution in [0.1, 0.15) is 11.1 Å². The fourth-order valence-corrected chi connectivity index (χ4v) is 1.83. The molecule has 2 aromatic carbocycles. The average molecular weight is 260 g/mol. The van der Waals surface area contributed by atoms with E-state index in [4.69, 9.17) is 0 Å². The van der Waals surface area contributed by atoms with Crippen LogP contribution in [-0.2, 0) is 6.54 Å². The minimum atomic E-state index is -0.622. The maximum atomic E-state index is 13.6. The molecular weight excluding hydrogens is 247 g/mol. The largest absolute Gasteiger partial charge is 0.373 e. The summed E-state index contributed by atoms with van der Waals surface area (Å²) >= 11 is 0. The molecule has 19 heavy (non-hydrogen) atoms. The van der Waals surface area contributed by atoms with E-state index in [0.29, 0.717) is 6.54 Å². The van der Waals surface area contributed by atoms with Gasteiger partial charge < -0.3 is 5.32 Å². The van der Waals surface area contributed by atoms with Crippen LogP contribution in [0.3, 0.4) is 0 Å². The molecule has 0 amide bonds. The number of benzene rings is 2. The predicted octanol–water partition coefficient (Wildman–Crippen LogP) is 3.65. The molecule has 0 aliphatic heterocycles. The van der Waals surface area contributed by atoms with Gasteiger partial charge in [0, 0.05) is 12.6 Å². The lowest BCUT2D eigenvalue weighted by molar-refractivity contribution is -0.384. The molecule has 0 radical (unpaired) electrons. The number of nitro groups is 1.